The maximum absolute atomic E-state index is 6.14. The summed E-state index contributed by atoms with van der Waals surface area (Å²) in [6.07, 6.45) is 3.43. The first-order valence-electron chi connectivity index (χ1n) is 7.84. The molecule has 0 bridgehead atoms. The average molecular weight is 327 g/mol. The molecule has 6 heteroatoms. The zero-order chi connectivity index (χ0) is 16.8. The Kier molecular flexibility index (Phi) is 2.84. The van der Waals surface area contributed by atoms with E-state index in [2.05, 4.69) is 33.3 Å². The van der Waals surface area contributed by atoms with Gasteiger partial charge >= 0.3 is 0 Å². The third-order valence-corrected chi connectivity index (χ3v) is 4.15. The number of fused-ring (bicyclic) bond motifs is 2. The van der Waals surface area contributed by atoms with E-state index in [1.54, 1.807) is 16.8 Å². The molecular weight excluding hydrogens is 314 g/mol. The molecule has 0 radical (unpaired) electrons. The molecule has 0 atom stereocenters. The van der Waals surface area contributed by atoms with Gasteiger partial charge in [0.25, 0.3) is 0 Å². The Labute approximate surface area is 142 Å². The van der Waals surface area contributed by atoms with Crippen molar-refractivity contribution in [2.75, 3.05) is 5.73 Å². The summed E-state index contributed by atoms with van der Waals surface area (Å²) in [5, 5.41) is 6.74. The van der Waals surface area contributed by atoms with Crippen LogP contribution in [0.2, 0.25) is 0 Å². The standard InChI is InChI=1S/C19H13N5O/c20-17-19-22-18(16-9-4-10-25-16)23-24(19)11-15(21-17)14-8-3-6-12-5-1-2-7-13(12)14/h1-11H,(H2,20,21). The second kappa shape index (κ2) is 5.17. The molecule has 0 saturated heterocycles. The molecule has 5 rings (SSSR count). The van der Waals surface area contributed by atoms with Crippen molar-refractivity contribution in [3.8, 4) is 22.8 Å². The van der Waals surface area contributed by atoms with Crippen LogP contribution in [0, 0.1) is 0 Å². The minimum Gasteiger partial charge on any atom is -0.461 e. The molecule has 120 valence electrons. The van der Waals surface area contributed by atoms with E-state index in [0.717, 1.165) is 22.0 Å². The normalized spacial score (nSPS) is 11.4. The van der Waals surface area contributed by atoms with E-state index >= 15 is 0 Å². The number of benzene rings is 2. The maximum atomic E-state index is 6.14. The van der Waals surface area contributed by atoms with Gasteiger partial charge in [0.05, 0.1) is 18.2 Å². The Balaban J connectivity index is 1.74. The number of aromatic nitrogens is 4. The molecule has 0 fully saturated rings. The lowest BCUT2D eigenvalue weighted by molar-refractivity contribution is 0.577. The molecule has 2 aromatic carbocycles. The summed E-state index contributed by atoms with van der Waals surface area (Å²) in [4.78, 5) is 8.96. The van der Waals surface area contributed by atoms with E-state index in [4.69, 9.17) is 10.2 Å². The third-order valence-electron chi connectivity index (χ3n) is 4.15. The van der Waals surface area contributed by atoms with Crippen molar-refractivity contribution >= 4 is 22.2 Å². The predicted octanol–water partition coefficient (Wildman–Crippen LogP) is 3.79. The molecule has 6 nitrogen and oxygen atoms in total. The van der Waals surface area contributed by atoms with Crippen LogP contribution in [0.1, 0.15) is 0 Å². The molecule has 3 aromatic heterocycles. The van der Waals surface area contributed by atoms with Crippen LogP contribution in [0.3, 0.4) is 0 Å². The van der Waals surface area contributed by atoms with Gasteiger partial charge in [0.1, 0.15) is 0 Å². The van der Waals surface area contributed by atoms with Crippen molar-refractivity contribution in [2.45, 2.75) is 0 Å². The second-order valence-corrected chi connectivity index (χ2v) is 5.72. The summed E-state index contributed by atoms with van der Waals surface area (Å²) in [7, 11) is 0. The quantitative estimate of drug-likeness (QED) is 0.533. The van der Waals surface area contributed by atoms with Crippen molar-refractivity contribution in [1.29, 1.82) is 0 Å². The van der Waals surface area contributed by atoms with Crippen molar-refractivity contribution < 1.29 is 4.42 Å². The number of nitrogens with two attached hydrogens (primary N) is 1. The monoisotopic (exact) mass is 327 g/mol. The summed E-state index contributed by atoms with van der Waals surface area (Å²) in [6.45, 7) is 0. The van der Waals surface area contributed by atoms with Crippen molar-refractivity contribution in [1.82, 2.24) is 19.6 Å². The molecule has 0 aliphatic heterocycles. The molecule has 0 aliphatic rings. The first-order valence-corrected chi connectivity index (χ1v) is 7.84. The molecule has 0 amide bonds. The number of hydrogen-bond acceptors (Lipinski definition) is 5. The maximum Gasteiger partial charge on any atom is 0.218 e. The molecule has 3 heterocycles. The van der Waals surface area contributed by atoms with Gasteiger partial charge in [-0.25, -0.2) is 14.5 Å². The van der Waals surface area contributed by atoms with Crippen LogP contribution in [0.5, 0.6) is 0 Å². The molecule has 5 aromatic rings. The van der Waals surface area contributed by atoms with E-state index in [1.807, 2.05) is 36.5 Å². The topological polar surface area (TPSA) is 82.2 Å². The predicted molar refractivity (Wildman–Crippen MR) is 95.8 cm³/mol. The van der Waals surface area contributed by atoms with Gasteiger partial charge in [-0.2, -0.15) is 0 Å². The molecule has 0 unspecified atom stereocenters. The van der Waals surface area contributed by atoms with E-state index < -0.39 is 0 Å². The minimum atomic E-state index is 0.329. The van der Waals surface area contributed by atoms with E-state index in [1.165, 1.54) is 0 Å². The SMILES string of the molecule is Nc1nc(-c2cccc3ccccc23)cn2nc(-c3ccco3)nc12. The summed E-state index contributed by atoms with van der Waals surface area (Å²) in [5.41, 5.74) is 8.40. The largest absolute Gasteiger partial charge is 0.461 e. The number of nitrogen functional groups attached to an aromatic ring is 1. The number of nitrogens with zero attached hydrogens (tertiary/aromatic N) is 4. The van der Waals surface area contributed by atoms with Crippen LogP contribution in [0.15, 0.2) is 71.5 Å². The van der Waals surface area contributed by atoms with Crippen LogP contribution >= 0.6 is 0 Å². The van der Waals surface area contributed by atoms with Crippen LogP contribution in [0.4, 0.5) is 5.82 Å². The number of rotatable bonds is 2. The van der Waals surface area contributed by atoms with Crippen LogP contribution in [-0.2, 0) is 0 Å². The van der Waals surface area contributed by atoms with Crippen LogP contribution in [0.25, 0.3) is 39.3 Å². The van der Waals surface area contributed by atoms with E-state index in [0.29, 0.717) is 23.0 Å². The van der Waals surface area contributed by atoms with Crippen molar-refractivity contribution in [3.63, 3.8) is 0 Å². The van der Waals surface area contributed by atoms with Crippen LogP contribution in [-0.4, -0.2) is 19.6 Å². The number of furan rings is 1. The minimum absolute atomic E-state index is 0.329. The Morgan fingerprint density at radius 2 is 1.80 bits per heavy atom. The van der Waals surface area contributed by atoms with Crippen molar-refractivity contribution in [2.24, 2.45) is 0 Å². The lowest BCUT2D eigenvalue weighted by Gasteiger charge is -2.07. The lowest BCUT2D eigenvalue weighted by atomic mass is 10.0. The highest BCUT2D eigenvalue weighted by Gasteiger charge is 2.14. The molecular formula is C19H13N5O. The number of hydrogen-bond donors (Lipinski definition) is 1. The first kappa shape index (κ1) is 13.7. The zero-order valence-electron chi connectivity index (χ0n) is 13.1. The molecule has 25 heavy (non-hydrogen) atoms. The second-order valence-electron chi connectivity index (χ2n) is 5.72. The fourth-order valence-corrected chi connectivity index (χ4v) is 3.00. The Morgan fingerprint density at radius 3 is 2.68 bits per heavy atom. The number of anilines is 1. The fraction of sp³-hybridized carbons (Fsp3) is 0. The van der Waals surface area contributed by atoms with Gasteiger partial charge in [-0.1, -0.05) is 42.5 Å². The van der Waals surface area contributed by atoms with Gasteiger partial charge in [-0.05, 0) is 22.9 Å². The Bertz CT molecular complexity index is 1200. The average Bonchev–Trinajstić information content (AvgIpc) is 3.30. The summed E-state index contributed by atoms with van der Waals surface area (Å²) < 4.78 is 7.01. The highest BCUT2D eigenvalue weighted by atomic mass is 16.3. The Hall–Kier alpha value is -3.67. The van der Waals surface area contributed by atoms with Gasteiger partial charge in [0.15, 0.2) is 17.2 Å². The van der Waals surface area contributed by atoms with Crippen LogP contribution < -0.4 is 5.73 Å². The van der Waals surface area contributed by atoms with Gasteiger partial charge in [-0.15, -0.1) is 5.10 Å². The lowest BCUT2D eigenvalue weighted by Crippen LogP contribution is -2.00. The summed E-state index contributed by atoms with van der Waals surface area (Å²) in [6, 6.07) is 17.9. The molecule has 0 aliphatic carbocycles. The van der Waals surface area contributed by atoms with E-state index in [-0.39, 0.29) is 0 Å². The van der Waals surface area contributed by atoms with Gasteiger partial charge in [0, 0.05) is 5.56 Å². The summed E-state index contributed by atoms with van der Waals surface area (Å²) >= 11 is 0. The third kappa shape index (κ3) is 2.15. The smallest absolute Gasteiger partial charge is 0.218 e. The highest BCUT2D eigenvalue weighted by molar-refractivity contribution is 5.96. The van der Waals surface area contributed by atoms with E-state index in [9.17, 15) is 0 Å². The first-order chi connectivity index (χ1) is 12.3. The van der Waals surface area contributed by atoms with Crippen molar-refractivity contribution in [3.05, 3.63) is 67.1 Å². The molecule has 2 N–H and O–H groups in total. The Morgan fingerprint density at radius 1 is 0.920 bits per heavy atom. The van der Waals surface area contributed by atoms with Gasteiger partial charge < -0.3 is 10.2 Å². The molecule has 0 spiro atoms. The fourth-order valence-electron chi connectivity index (χ4n) is 3.00. The summed E-state index contributed by atoms with van der Waals surface area (Å²) in [5.74, 6) is 1.40. The molecule has 0 saturated carbocycles. The van der Waals surface area contributed by atoms with Gasteiger partial charge in [0.2, 0.25) is 5.82 Å². The van der Waals surface area contributed by atoms with Gasteiger partial charge in [-0.3, -0.25) is 0 Å². The zero-order valence-corrected chi connectivity index (χ0v) is 13.1. The highest BCUT2D eigenvalue weighted by Crippen LogP contribution is 2.29.